The van der Waals surface area contributed by atoms with Crippen molar-refractivity contribution in [2.45, 2.75) is 19.9 Å². The van der Waals surface area contributed by atoms with E-state index in [1.165, 1.54) is 0 Å². The molecule has 2 heterocycles. The first-order valence-corrected chi connectivity index (χ1v) is 7.97. The zero-order valence-electron chi connectivity index (χ0n) is 13.3. The summed E-state index contributed by atoms with van der Waals surface area (Å²) >= 11 is 5.94. The molecule has 7 nitrogen and oxygen atoms in total. The molecule has 0 aromatic carbocycles. The van der Waals surface area contributed by atoms with E-state index >= 15 is 0 Å². The number of carbonyl (C=O) groups is 2. The molecular formula is C15H21ClN4O3. The Labute approximate surface area is 140 Å². The van der Waals surface area contributed by atoms with E-state index in [4.69, 9.17) is 16.3 Å². The molecule has 0 aliphatic carbocycles. The van der Waals surface area contributed by atoms with Gasteiger partial charge in [-0.25, -0.2) is 9.78 Å². The monoisotopic (exact) mass is 340 g/mol. The molecule has 2 amide bonds. The van der Waals surface area contributed by atoms with Gasteiger partial charge in [-0.3, -0.25) is 9.69 Å². The lowest BCUT2D eigenvalue weighted by Crippen LogP contribution is -2.54. The average molecular weight is 341 g/mol. The Morgan fingerprint density at radius 3 is 2.70 bits per heavy atom. The summed E-state index contributed by atoms with van der Waals surface area (Å²) in [6.07, 6.45) is 1.27. The van der Waals surface area contributed by atoms with Crippen LogP contribution < -0.4 is 5.32 Å². The number of hydrogen-bond donors (Lipinski definition) is 1. The van der Waals surface area contributed by atoms with Gasteiger partial charge in [0.25, 0.3) is 0 Å². The third-order valence-electron chi connectivity index (χ3n) is 3.78. The first-order valence-electron chi connectivity index (χ1n) is 7.60. The molecule has 0 spiro atoms. The van der Waals surface area contributed by atoms with E-state index < -0.39 is 0 Å². The third kappa shape index (κ3) is 4.56. The summed E-state index contributed by atoms with van der Waals surface area (Å²) in [4.78, 5) is 31.6. The number of nitrogens with zero attached hydrogens (tertiary/aromatic N) is 3. The van der Waals surface area contributed by atoms with Gasteiger partial charge in [0.1, 0.15) is 0 Å². The maximum Gasteiger partial charge on any atom is 0.409 e. The summed E-state index contributed by atoms with van der Waals surface area (Å²) < 4.78 is 4.98. The highest BCUT2D eigenvalue weighted by Crippen LogP contribution is 2.18. The molecule has 2 rings (SSSR count). The van der Waals surface area contributed by atoms with Crippen LogP contribution in [-0.4, -0.2) is 65.6 Å². The van der Waals surface area contributed by atoms with Gasteiger partial charge < -0.3 is 15.0 Å². The van der Waals surface area contributed by atoms with Crippen molar-refractivity contribution in [3.8, 4) is 0 Å². The van der Waals surface area contributed by atoms with E-state index in [0.29, 0.717) is 38.5 Å². The second kappa shape index (κ2) is 8.12. The molecule has 1 atom stereocenters. The van der Waals surface area contributed by atoms with Gasteiger partial charge in [-0.1, -0.05) is 11.6 Å². The smallest absolute Gasteiger partial charge is 0.409 e. The van der Waals surface area contributed by atoms with Crippen molar-refractivity contribution in [3.05, 3.63) is 23.5 Å². The molecule has 1 N–H and O–H groups in total. The fraction of sp³-hybridized carbons (Fsp3) is 0.533. The van der Waals surface area contributed by atoms with Gasteiger partial charge in [0.15, 0.2) is 5.15 Å². The predicted molar refractivity (Wildman–Crippen MR) is 87.5 cm³/mol. The van der Waals surface area contributed by atoms with Crippen LogP contribution in [0.15, 0.2) is 18.3 Å². The molecule has 1 saturated heterocycles. The molecule has 8 heteroatoms. The molecular weight excluding hydrogens is 320 g/mol. The maximum atomic E-state index is 12.3. The molecule has 1 aliphatic heterocycles. The number of halogens is 1. The Bertz CT molecular complexity index is 561. The van der Waals surface area contributed by atoms with E-state index in [-0.39, 0.29) is 23.2 Å². The highest BCUT2D eigenvalue weighted by molar-refractivity contribution is 6.32. The van der Waals surface area contributed by atoms with Crippen LogP contribution in [0.3, 0.4) is 0 Å². The maximum absolute atomic E-state index is 12.3. The van der Waals surface area contributed by atoms with E-state index in [1.54, 1.807) is 30.2 Å². The zero-order valence-corrected chi connectivity index (χ0v) is 14.0. The fourth-order valence-electron chi connectivity index (χ4n) is 2.39. The average Bonchev–Trinajstić information content (AvgIpc) is 2.56. The standard InChI is InChI=1S/C15H21ClN4O3/c1-3-23-15(22)20-9-7-19(8-10-20)11(2)14(21)18-12-5-4-6-17-13(12)16/h4-6,11H,3,7-10H2,1-2H3,(H,18,21)/t11-/m0/s1. The number of aromatic nitrogens is 1. The lowest BCUT2D eigenvalue weighted by Gasteiger charge is -2.36. The number of nitrogens with one attached hydrogen (secondary N) is 1. The largest absolute Gasteiger partial charge is 0.450 e. The van der Waals surface area contributed by atoms with Crippen LogP contribution in [0, 0.1) is 0 Å². The molecule has 1 aliphatic rings. The summed E-state index contributed by atoms with van der Waals surface area (Å²) in [5.74, 6) is -0.149. The number of anilines is 1. The van der Waals surface area contributed by atoms with E-state index in [9.17, 15) is 9.59 Å². The number of ether oxygens (including phenoxy) is 1. The highest BCUT2D eigenvalue weighted by Gasteiger charge is 2.28. The van der Waals surface area contributed by atoms with Crippen LogP contribution in [0.4, 0.5) is 10.5 Å². The van der Waals surface area contributed by atoms with E-state index in [2.05, 4.69) is 10.3 Å². The van der Waals surface area contributed by atoms with Crippen LogP contribution in [-0.2, 0) is 9.53 Å². The van der Waals surface area contributed by atoms with Crippen LogP contribution in [0.25, 0.3) is 0 Å². The van der Waals surface area contributed by atoms with Crippen LogP contribution in [0.2, 0.25) is 5.15 Å². The van der Waals surface area contributed by atoms with E-state index in [1.807, 2.05) is 11.8 Å². The first-order chi connectivity index (χ1) is 11.0. The second-order valence-corrected chi connectivity index (χ2v) is 5.59. The normalized spacial score (nSPS) is 16.7. The van der Waals surface area contributed by atoms with Gasteiger partial charge >= 0.3 is 6.09 Å². The minimum absolute atomic E-state index is 0.149. The summed E-state index contributed by atoms with van der Waals surface area (Å²) in [7, 11) is 0. The van der Waals surface area contributed by atoms with Crippen molar-refractivity contribution < 1.29 is 14.3 Å². The quantitative estimate of drug-likeness (QED) is 0.846. The van der Waals surface area contributed by atoms with Crippen LogP contribution in [0.1, 0.15) is 13.8 Å². The lowest BCUT2D eigenvalue weighted by molar-refractivity contribution is -0.121. The number of hydrogen-bond acceptors (Lipinski definition) is 5. The molecule has 1 aromatic heterocycles. The molecule has 126 valence electrons. The number of pyridine rings is 1. The Morgan fingerprint density at radius 1 is 1.39 bits per heavy atom. The molecule has 0 saturated carbocycles. The molecule has 0 unspecified atom stereocenters. The molecule has 23 heavy (non-hydrogen) atoms. The van der Waals surface area contributed by atoms with Gasteiger partial charge in [-0.2, -0.15) is 0 Å². The Morgan fingerprint density at radius 2 is 2.09 bits per heavy atom. The summed E-state index contributed by atoms with van der Waals surface area (Å²) in [6, 6.07) is 3.10. The molecule has 1 aromatic rings. The topological polar surface area (TPSA) is 74.8 Å². The summed E-state index contributed by atoms with van der Waals surface area (Å²) in [6.45, 7) is 6.31. The molecule has 0 bridgehead atoms. The third-order valence-corrected chi connectivity index (χ3v) is 4.09. The van der Waals surface area contributed by atoms with Gasteiger partial charge in [-0.05, 0) is 26.0 Å². The SMILES string of the molecule is CCOC(=O)N1CCN([C@@H](C)C(=O)Nc2cccnc2Cl)CC1. The zero-order chi connectivity index (χ0) is 16.8. The van der Waals surface area contributed by atoms with Gasteiger partial charge in [0.2, 0.25) is 5.91 Å². The number of amides is 2. The van der Waals surface area contributed by atoms with Crippen molar-refractivity contribution in [1.29, 1.82) is 0 Å². The number of carbonyl (C=O) groups excluding carboxylic acids is 2. The Kier molecular flexibility index (Phi) is 6.18. The second-order valence-electron chi connectivity index (χ2n) is 5.23. The van der Waals surface area contributed by atoms with E-state index in [0.717, 1.165) is 0 Å². The number of rotatable bonds is 4. The van der Waals surface area contributed by atoms with Crippen molar-refractivity contribution in [2.24, 2.45) is 0 Å². The van der Waals surface area contributed by atoms with Crippen molar-refractivity contribution in [3.63, 3.8) is 0 Å². The van der Waals surface area contributed by atoms with Crippen molar-refractivity contribution >= 4 is 29.3 Å². The Hall–Kier alpha value is -1.86. The lowest BCUT2D eigenvalue weighted by atomic mass is 10.2. The minimum Gasteiger partial charge on any atom is -0.450 e. The van der Waals surface area contributed by atoms with Gasteiger partial charge in [0.05, 0.1) is 18.3 Å². The predicted octanol–water partition coefficient (Wildman–Crippen LogP) is 1.84. The van der Waals surface area contributed by atoms with Crippen LogP contribution in [0.5, 0.6) is 0 Å². The van der Waals surface area contributed by atoms with Crippen molar-refractivity contribution in [1.82, 2.24) is 14.8 Å². The minimum atomic E-state index is -0.324. The number of piperazine rings is 1. The van der Waals surface area contributed by atoms with Crippen molar-refractivity contribution in [2.75, 3.05) is 38.1 Å². The van der Waals surface area contributed by atoms with Crippen LogP contribution >= 0.6 is 11.6 Å². The first kappa shape index (κ1) is 17.5. The van der Waals surface area contributed by atoms with Gasteiger partial charge in [0, 0.05) is 32.4 Å². The highest BCUT2D eigenvalue weighted by atomic mass is 35.5. The molecule has 0 radical (unpaired) electrons. The Balaban J connectivity index is 1.87. The van der Waals surface area contributed by atoms with Gasteiger partial charge in [-0.15, -0.1) is 0 Å². The summed E-state index contributed by atoms with van der Waals surface area (Å²) in [5.41, 5.74) is 0.496. The fourth-order valence-corrected chi connectivity index (χ4v) is 2.56. The summed E-state index contributed by atoms with van der Waals surface area (Å²) in [5, 5.41) is 3.05. The molecule has 1 fully saturated rings.